The van der Waals surface area contributed by atoms with Gasteiger partial charge in [-0.15, -0.1) is 0 Å². The van der Waals surface area contributed by atoms with Crippen LogP contribution in [0.3, 0.4) is 0 Å². The summed E-state index contributed by atoms with van der Waals surface area (Å²) in [6.45, 7) is 1.97. The molecule has 0 unspecified atom stereocenters. The predicted octanol–water partition coefficient (Wildman–Crippen LogP) is 2.27. The molecule has 0 amide bonds. The third-order valence-corrected chi connectivity index (χ3v) is 1.80. The van der Waals surface area contributed by atoms with E-state index >= 15 is 0 Å². The summed E-state index contributed by atoms with van der Waals surface area (Å²) in [6, 6.07) is 7.69. The van der Waals surface area contributed by atoms with E-state index in [4.69, 9.17) is 10.00 Å². The van der Waals surface area contributed by atoms with E-state index in [1.54, 1.807) is 7.11 Å². The topological polar surface area (TPSA) is 33.0 Å². The van der Waals surface area contributed by atoms with Gasteiger partial charge in [-0.2, -0.15) is 5.26 Å². The molecule has 0 N–H and O–H groups in total. The minimum absolute atomic E-state index is 0.269. The van der Waals surface area contributed by atoms with Gasteiger partial charge in [0.25, 0.3) is 0 Å². The SMILES string of the molecule is COc1ccc(C#CCC#N)cc1C. The highest BCUT2D eigenvalue weighted by Gasteiger charge is 1.96. The zero-order valence-corrected chi connectivity index (χ0v) is 8.29. The maximum absolute atomic E-state index is 8.31. The predicted molar refractivity (Wildman–Crippen MR) is 54.8 cm³/mol. The van der Waals surface area contributed by atoms with Crippen molar-refractivity contribution in [2.45, 2.75) is 13.3 Å². The fourth-order valence-electron chi connectivity index (χ4n) is 1.14. The number of nitrogens with zero attached hydrogens (tertiary/aromatic N) is 1. The van der Waals surface area contributed by atoms with Gasteiger partial charge >= 0.3 is 0 Å². The fourth-order valence-corrected chi connectivity index (χ4v) is 1.14. The highest BCUT2D eigenvalue weighted by molar-refractivity contribution is 5.43. The molecule has 0 aliphatic rings. The molecule has 0 aliphatic heterocycles. The summed E-state index contributed by atoms with van der Waals surface area (Å²) in [5, 5.41) is 8.31. The standard InChI is InChI=1S/C12H11NO/c1-10-9-11(5-3-4-8-13)6-7-12(10)14-2/h6-7,9H,4H2,1-2H3. The van der Waals surface area contributed by atoms with Gasteiger partial charge in [-0.05, 0) is 30.7 Å². The molecule has 0 heterocycles. The average Bonchev–Trinajstić information content (AvgIpc) is 2.18. The van der Waals surface area contributed by atoms with E-state index in [0.717, 1.165) is 16.9 Å². The van der Waals surface area contributed by atoms with Crippen LogP contribution in [-0.4, -0.2) is 7.11 Å². The van der Waals surface area contributed by atoms with Crippen LogP contribution in [0, 0.1) is 30.1 Å². The number of benzene rings is 1. The first-order chi connectivity index (χ1) is 6.77. The molecular weight excluding hydrogens is 174 g/mol. The van der Waals surface area contributed by atoms with Crippen molar-refractivity contribution in [2.24, 2.45) is 0 Å². The van der Waals surface area contributed by atoms with E-state index in [1.807, 2.05) is 31.2 Å². The Morgan fingerprint density at radius 2 is 2.21 bits per heavy atom. The monoisotopic (exact) mass is 185 g/mol. The van der Waals surface area contributed by atoms with E-state index in [9.17, 15) is 0 Å². The van der Waals surface area contributed by atoms with Crippen LogP contribution in [0.1, 0.15) is 17.5 Å². The second-order valence-corrected chi connectivity index (χ2v) is 2.82. The molecule has 0 bridgehead atoms. The lowest BCUT2D eigenvalue weighted by molar-refractivity contribution is 0.411. The smallest absolute Gasteiger partial charge is 0.121 e. The van der Waals surface area contributed by atoms with Crippen LogP contribution >= 0.6 is 0 Å². The second-order valence-electron chi connectivity index (χ2n) is 2.82. The van der Waals surface area contributed by atoms with Gasteiger partial charge in [-0.3, -0.25) is 0 Å². The molecule has 2 heteroatoms. The molecule has 1 rings (SSSR count). The van der Waals surface area contributed by atoms with Crippen molar-refractivity contribution in [3.8, 4) is 23.7 Å². The number of ether oxygens (including phenoxy) is 1. The number of methoxy groups -OCH3 is 1. The van der Waals surface area contributed by atoms with Crippen molar-refractivity contribution in [1.29, 1.82) is 5.26 Å². The zero-order chi connectivity index (χ0) is 10.4. The first kappa shape index (κ1) is 10.2. The molecule has 1 aromatic carbocycles. The number of nitriles is 1. The van der Waals surface area contributed by atoms with E-state index in [0.29, 0.717) is 0 Å². The largest absolute Gasteiger partial charge is 0.496 e. The van der Waals surface area contributed by atoms with E-state index in [2.05, 4.69) is 11.8 Å². The molecule has 0 saturated heterocycles. The molecule has 0 saturated carbocycles. The molecule has 0 atom stereocenters. The molecule has 1 aromatic rings. The molecule has 14 heavy (non-hydrogen) atoms. The minimum Gasteiger partial charge on any atom is -0.496 e. The van der Waals surface area contributed by atoms with Crippen molar-refractivity contribution in [3.63, 3.8) is 0 Å². The van der Waals surface area contributed by atoms with E-state index in [-0.39, 0.29) is 6.42 Å². The van der Waals surface area contributed by atoms with Gasteiger partial charge in [-0.25, -0.2) is 0 Å². The molecule has 0 spiro atoms. The third kappa shape index (κ3) is 2.54. The zero-order valence-electron chi connectivity index (χ0n) is 8.29. The Morgan fingerprint density at radius 1 is 1.43 bits per heavy atom. The summed E-state index contributed by atoms with van der Waals surface area (Å²) < 4.78 is 5.13. The Hall–Kier alpha value is -1.93. The number of aryl methyl sites for hydroxylation is 1. The molecular formula is C12H11NO. The summed E-state index contributed by atoms with van der Waals surface area (Å²) in [6.07, 6.45) is 0.269. The summed E-state index contributed by atoms with van der Waals surface area (Å²) >= 11 is 0. The van der Waals surface area contributed by atoms with Gasteiger partial charge in [0, 0.05) is 5.56 Å². The Bertz CT molecular complexity index is 418. The summed E-state index contributed by atoms with van der Waals surface area (Å²) in [4.78, 5) is 0. The number of rotatable bonds is 1. The lowest BCUT2D eigenvalue weighted by Crippen LogP contribution is -1.87. The average molecular weight is 185 g/mol. The Balaban J connectivity index is 2.89. The Morgan fingerprint density at radius 3 is 2.79 bits per heavy atom. The highest BCUT2D eigenvalue weighted by atomic mass is 16.5. The quantitative estimate of drug-likeness (QED) is 0.629. The van der Waals surface area contributed by atoms with Crippen molar-refractivity contribution in [2.75, 3.05) is 7.11 Å². The first-order valence-electron chi connectivity index (χ1n) is 4.28. The van der Waals surface area contributed by atoms with Crippen LogP contribution in [-0.2, 0) is 0 Å². The van der Waals surface area contributed by atoms with Gasteiger partial charge in [-0.1, -0.05) is 11.8 Å². The van der Waals surface area contributed by atoms with Crippen molar-refractivity contribution in [1.82, 2.24) is 0 Å². The third-order valence-electron chi connectivity index (χ3n) is 1.80. The van der Waals surface area contributed by atoms with Crippen LogP contribution < -0.4 is 4.74 Å². The minimum atomic E-state index is 0.269. The molecule has 0 aliphatic carbocycles. The van der Waals surface area contributed by atoms with Crippen LogP contribution in [0.2, 0.25) is 0 Å². The number of hydrogen-bond acceptors (Lipinski definition) is 2. The molecule has 0 fully saturated rings. The highest BCUT2D eigenvalue weighted by Crippen LogP contribution is 2.17. The first-order valence-corrected chi connectivity index (χ1v) is 4.28. The van der Waals surface area contributed by atoms with Gasteiger partial charge in [0.1, 0.15) is 5.75 Å². The Labute approximate surface area is 84.1 Å². The second kappa shape index (κ2) is 4.94. The maximum atomic E-state index is 8.31. The summed E-state index contributed by atoms with van der Waals surface area (Å²) in [5.41, 5.74) is 1.97. The van der Waals surface area contributed by atoms with E-state index in [1.165, 1.54) is 0 Å². The van der Waals surface area contributed by atoms with Crippen LogP contribution in [0.5, 0.6) is 5.75 Å². The van der Waals surface area contributed by atoms with E-state index < -0.39 is 0 Å². The lowest BCUT2D eigenvalue weighted by Gasteiger charge is -2.03. The van der Waals surface area contributed by atoms with Crippen LogP contribution in [0.25, 0.3) is 0 Å². The van der Waals surface area contributed by atoms with Crippen LogP contribution in [0.15, 0.2) is 18.2 Å². The normalized spacial score (nSPS) is 8.36. The van der Waals surface area contributed by atoms with Gasteiger partial charge in [0.2, 0.25) is 0 Å². The van der Waals surface area contributed by atoms with Crippen molar-refractivity contribution < 1.29 is 4.74 Å². The molecule has 2 nitrogen and oxygen atoms in total. The molecule has 0 aromatic heterocycles. The van der Waals surface area contributed by atoms with Crippen molar-refractivity contribution in [3.05, 3.63) is 29.3 Å². The lowest BCUT2D eigenvalue weighted by atomic mass is 10.1. The van der Waals surface area contributed by atoms with Gasteiger partial charge < -0.3 is 4.74 Å². The fraction of sp³-hybridized carbons (Fsp3) is 0.250. The Kier molecular flexibility index (Phi) is 3.58. The molecule has 70 valence electrons. The summed E-state index contributed by atoms with van der Waals surface area (Å²) in [7, 11) is 1.64. The molecule has 0 radical (unpaired) electrons. The number of hydrogen-bond donors (Lipinski definition) is 0. The van der Waals surface area contributed by atoms with Gasteiger partial charge in [0.15, 0.2) is 0 Å². The van der Waals surface area contributed by atoms with Crippen LogP contribution in [0.4, 0.5) is 0 Å². The van der Waals surface area contributed by atoms with Crippen molar-refractivity contribution >= 4 is 0 Å². The summed E-state index contributed by atoms with van der Waals surface area (Å²) in [5.74, 6) is 6.53. The maximum Gasteiger partial charge on any atom is 0.121 e. The van der Waals surface area contributed by atoms with Gasteiger partial charge in [0.05, 0.1) is 19.6 Å².